The topological polar surface area (TPSA) is 73.9 Å². The second-order valence-electron chi connectivity index (χ2n) is 3.99. The number of hydrogen-bond donors (Lipinski definition) is 1. The largest absolute Gasteiger partial charge is 0.433 e. The van der Waals surface area contributed by atoms with Crippen molar-refractivity contribution in [2.45, 2.75) is 12.6 Å². The Kier molecular flexibility index (Phi) is 4.36. The molecule has 0 saturated carbocycles. The van der Waals surface area contributed by atoms with Gasteiger partial charge in [-0.2, -0.15) is 18.2 Å². The minimum atomic E-state index is -4.55. The number of halogens is 3. The van der Waals surface area contributed by atoms with Crippen molar-refractivity contribution in [1.82, 2.24) is 15.0 Å². The molecule has 0 aliphatic rings. The van der Waals surface area contributed by atoms with E-state index in [2.05, 4.69) is 15.0 Å². The maximum Gasteiger partial charge on any atom is 0.433 e. The molecule has 21 heavy (non-hydrogen) atoms. The monoisotopic (exact) mass is 296 g/mol. The van der Waals surface area contributed by atoms with E-state index in [-0.39, 0.29) is 5.75 Å². The van der Waals surface area contributed by atoms with E-state index in [0.717, 1.165) is 17.8 Å². The number of ether oxygens (including phenoxy) is 1. The summed E-state index contributed by atoms with van der Waals surface area (Å²) < 4.78 is 42.8. The molecule has 0 saturated heterocycles. The molecule has 0 unspecified atom stereocenters. The van der Waals surface area contributed by atoms with Crippen LogP contribution in [0.2, 0.25) is 0 Å². The second kappa shape index (κ2) is 6.21. The number of rotatable bonds is 4. The average Bonchev–Trinajstić information content (AvgIpc) is 2.45. The first kappa shape index (κ1) is 14.8. The van der Waals surface area contributed by atoms with Gasteiger partial charge in [-0.1, -0.05) is 6.08 Å². The predicted octanol–water partition coefficient (Wildman–Crippen LogP) is 2.70. The van der Waals surface area contributed by atoms with Crippen LogP contribution in [0.5, 0.6) is 11.8 Å². The minimum Gasteiger partial charge on any atom is -0.423 e. The van der Waals surface area contributed by atoms with Crippen molar-refractivity contribution >= 4 is 0 Å². The van der Waals surface area contributed by atoms with Gasteiger partial charge in [-0.3, -0.25) is 4.98 Å². The fourth-order valence-electron chi connectivity index (χ4n) is 1.49. The number of aromatic nitrogens is 3. The zero-order valence-corrected chi connectivity index (χ0v) is 10.7. The molecule has 2 aromatic heterocycles. The summed E-state index contributed by atoms with van der Waals surface area (Å²) in [6.45, 7) is 0. The van der Waals surface area contributed by atoms with E-state index in [0.29, 0.717) is 6.42 Å². The van der Waals surface area contributed by atoms with Crippen LogP contribution in [0.25, 0.3) is 0 Å². The van der Waals surface area contributed by atoms with Crippen molar-refractivity contribution in [2.75, 3.05) is 0 Å². The van der Waals surface area contributed by atoms with Crippen LogP contribution in [-0.4, -0.2) is 15.0 Å². The third kappa shape index (κ3) is 4.16. The quantitative estimate of drug-likeness (QED) is 0.939. The highest BCUT2D eigenvalue weighted by molar-refractivity contribution is 5.27. The molecule has 0 amide bonds. The van der Waals surface area contributed by atoms with Gasteiger partial charge < -0.3 is 10.5 Å². The number of hydrogen-bond acceptors (Lipinski definition) is 5. The molecule has 5 nitrogen and oxygen atoms in total. The number of allylic oxidation sites excluding steroid dienone is 1. The Morgan fingerprint density at radius 2 is 2.10 bits per heavy atom. The van der Waals surface area contributed by atoms with Gasteiger partial charge in [0.25, 0.3) is 0 Å². The predicted molar refractivity (Wildman–Crippen MR) is 68.4 cm³/mol. The summed E-state index contributed by atoms with van der Waals surface area (Å²) in [5.74, 6) is 0.247. The first-order chi connectivity index (χ1) is 9.99. The molecule has 2 rings (SSSR count). The van der Waals surface area contributed by atoms with E-state index in [1.807, 2.05) is 0 Å². The van der Waals surface area contributed by atoms with Crippen LogP contribution < -0.4 is 10.5 Å². The van der Waals surface area contributed by atoms with Crippen LogP contribution in [0.1, 0.15) is 11.3 Å². The van der Waals surface area contributed by atoms with E-state index >= 15 is 0 Å². The molecule has 110 valence electrons. The molecule has 0 bridgehead atoms. The van der Waals surface area contributed by atoms with Gasteiger partial charge in [-0.15, -0.1) is 0 Å². The maximum absolute atomic E-state index is 12.5. The lowest BCUT2D eigenvalue weighted by atomic mass is 10.2. The van der Waals surface area contributed by atoms with Crippen molar-refractivity contribution in [2.24, 2.45) is 5.73 Å². The Balaban J connectivity index is 2.18. The third-order valence-electron chi connectivity index (χ3n) is 2.39. The van der Waals surface area contributed by atoms with Crippen LogP contribution in [-0.2, 0) is 12.6 Å². The minimum absolute atomic E-state index is 0.247. The summed E-state index contributed by atoms with van der Waals surface area (Å²) in [5.41, 5.74) is 4.96. The van der Waals surface area contributed by atoms with Gasteiger partial charge in [0.1, 0.15) is 5.75 Å². The highest BCUT2D eigenvalue weighted by atomic mass is 19.4. The highest BCUT2D eigenvalue weighted by Crippen LogP contribution is 2.28. The van der Waals surface area contributed by atoms with Crippen LogP contribution in [0, 0.1) is 0 Å². The number of nitrogens with zero attached hydrogens (tertiary/aromatic N) is 3. The smallest absolute Gasteiger partial charge is 0.423 e. The third-order valence-corrected chi connectivity index (χ3v) is 2.39. The summed E-state index contributed by atoms with van der Waals surface area (Å²) in [4.78, 5) is 10.9. The van der Waals surface area contributed by atoms with Gasteiger partial charge in [0.05, 0.1) is 6.20 Å². The summed E-state index contributed by atoms with van der Waals surface area (Å²) in [6, 6.07) is 2.00. The summed E-state index contributed by atoms with van der Waals surface area (Å²) >= 11 is 0. The second-order valence-corrected chi connectivity index (χ2v) is 3.99. The van der Waals surface area contributed by atoms with Crippen molar-refractivity contribution in [3.63, 3.8) is 0 Å². The number of nitrogens with two attached hydrogens (primary N) is 1. The Labute approximate surface area is 118 Å². The number of alkyl halides is 3. The van der Waals surface area contributed by atoms with Gasteiger partial charge in [-0.25, -0.2) is 4.98 Å². The SMILES string of the molecule is NC=CCc1cncc(Oc2nccc(C(F)(F)F)n2)c1. The molecule has 2 aromatic rings. The zero-order valence-electron chi connectivity index (χ0n) is 10.7. The van der Waals surface area contributed by atoms with Crippen LogP contribution in [0.4, 0.5) is 13.2 Å². The number of pyridine rings is 1. The molecular weight excluding hydrogens is 285 g/mol. The lowest BCUT2D eigenvalue weighted by Crippen LogP contribution is -2.08. The Hall–Kier alpha value is -2.64. The first-order valence-corrected chi connectivity index (χ1v) is 5.88. The molecule has 2 N–H and O–H groups in total. The van der Waals surface area contributed by atoms with Gasteiger partial charge >= 0.3 is 12.2 Å². The molecule has 0 aliphatic carbocycles. The van der Waals surface area contributed by atoms with Crippen molar-refractivity contribution in [3.8, 4) is 11.8 Å². The van der Waals surface area contributed by atoms with Gasteiger partial charge in [0.15, 0.2) is 5.69 Å². The fourth-order valence-corrected chi connectivity index (χ4v) is 1.49. The fraction of sp³-hybridized carbons (Fsp3) is 0.154. The molecule has 0 radical (unpaired) electrons. The molecule has 0 aromatic carbocycles. The van der Waals surface area contributed by atoms with E-state index in [4.69, 9.17) is 10.5 Å². The zero-order chi connectivity index (χ0) is 15.3. The van der Waals surface area contributed by atoms with E-state index in [9.17, 15) is 13.2 Å². The Morgan fingerprint density at radius 1 is 1.29 bits per heavy atom. The lowest BCUT2D eigenvalue weighted by molar-refractivity contribution is -0.141. The van der Waals surface area contributed by atoms with Gasteiger partial charge in [0, 0.05) is 12.4 Å². The lowest BCUT2D eigenvalue weighted by Gasteiger charge is -2.08. The van der Waals surface area contributed by atoms with Crippen LogP contribution in [0.3, 0.4) is 0 Å². The van der Waals surface area contributed by atoms with E-state index in [1.54, 1.807) is 18.3 Å². The van der Waals surface area contributed by atoms with Gasteiger partial charge in [0.2, 0.25) is 0 Å². The summed E-state index contributed by atoms with van der Waals surface area (Å²) in [6.07, 6.45) is 3.03. The van der Waals surface area contributed by atoms with Crippen molar-refractivity contribution < 1.29 is 17.9 Å². The van der Waals surface area contributed by atoms with E-state index < -0.39 is 17.9 Å². The van der Waals surface area contributed by atoms with Crippen LogP contribution in [0.15, 0.2) is 43.0 Å². The molecule has 8 heteroatoms. The van der Waals surface area contributed by atoms with Crippen molar-refractivity contribution in [1.29, 1.82) is 0 Å². The van der Waals surface area contributed by atoms with Gasteiger partial charge in [-0.05, 0) is 30.3 Å². The Bertz CT molecular complexity index is 643. The Morgan fingerprint density at radius 3 is 2.81 bits per heavy atom. The van der Waals surface area contributed by atoms with E-state index in [1.165, 1.54) is 12.4 Å². The van der Waals surface area contributed by atoms with Crippen molar-refractivity contribution in [3.05, 3.63) is 54.3 Å². The maximum atomic E-state index is 12.5. The normalized spacial score (nSPS) is 11.8. The first-order valence-electron chi connectivity index (χ1n) is 5.88. The molecule has 0 spiro atoms. The standard InChI is InChI=1S/C13H11F3N4O/c14-13(15,16)11-3-5-19-12(20-11)21-10-6-9(2-1-4-17)7-18-8-10/h1,3-8H,2,17H2. The summed E-state index contributed by atoms with van der Waals surface area (Å²) in [5, 5.41) is 0. The molecule has 2 heterocycles. The molecular formula is C13H11F3N4O. The molecule has 0 atom stereocenters. The van der Waals surface area contributed by atoms with Crippen LogP contribution >= 0.6 is 0 Å². The molecule has 0 fully saturated rings. The summed E-state index contributed by atoms with van der Waals surface area (Å²) in [7, 11) is 0. The average molecular weight is 296 g/mol. The molecule has 0 aliphatic heterocycles. The highest BCUT2D eigenvalue weighted by Gasteiger charge is 2.33.